The Hall–Kier alpha value is -3.01. The molecule has 3 aromatic carbocycles. The highest BCUT2D eigenvalue weighted by Crippen LogP contribution is 2.37. The second kappa shape index (κ2) is 11.4. The van der Waals surface area contributed by atoms with Crippen molar-refractivity contribution in [2.45, 2.75) is 20.1 Å². The van der Waals surface area contributed by atoms with E-state index in [1.807, 2.05) is 49.4 Å². The van der Waals surface area contributed by atoms with Crippen LogP contribution in [0.5, 0.6) is 11.5 Å². The summed E-state index contributed by atoms with van der Waals surface area (Å²) in [6, 6.07) is 20.7. The number of benzene rings is 3. The lowest BCUT2D eigenvalue weighted by atomic mass is 10.1. The minimum absolute atomic E-state index is 0.195. The van der Waals surface area contributed by atoms with E-state index in [9.17, 15) is 0 Å². The minimum atomic E-state index is 0.195. The van der Waals surface area contributed by atoms with Gasteiger partial charge < -0.3 is 14.3 Å². The van der Waals surface area contributed by atoms with Gasteiger partial charge in [0.1, 0.15) is 13.2 Å². The molecule has 158 valence electrons. The van der Waals surface area contributed by atoms with Crippen molar-refractivity contribution < 1.29 is 14.3 Å². The van der Waals surface area contributed by atoms with E-state index in [0.29, 0.717) is 40.9 Å². The maximum absolute atomic E-state index is 9.13. The van der Waals surface area contributed by atoms with Crippen molar-refractivity contribution >= 4 is 33.7 Å². The number of nitriles is 1. The Labute approximate surface area is 194 Å². The van der Waals surface area contributed by atoms with Gasteiger partial charge in [0, 0.05) is 15.6 Å². The quantitative estimate of drug-likeness (QED) is 0.249. The van der Waals surface area contributed by atoms with E-state index in [-0.39, 0.29) is 6.61 Å². The van der Waals surface area contributed by atoms with Crippen molar-refractivity contribution in [3.05, 3.63) is 92.4 Å². The molecule has 0 unspecified atom stereocenters. The molecule has 0 amide bonds. The molecule has 0 radical (unpaired) electrons. The molecule has 5 nitrogen and oxygen atoms in total. The van der Waals surface area contributed by atoms with Crippen molar-refractivity contribution in [2.75, 3.05) is 6.61 Å². The molecule has 0 atom stereocenters. The molecule has 0 aliphatic heterocycles. The third-order valence-corrected chi connectivity index (χ3v) is 5.07. The zero-order valence-corrected chi connectivity index (χ0v) is 19.2. The first kappa shape index (κ1) is 22.7. The molecule has 0 N–H and O–H groups in total. The van der Waals surface area contributed by atoms with Crippen LogP contribution in [0.2, 0.25) is 5.02 Å². The predicted octanol–water partition coefficient (Wildman–Crippen LogP) is 6.50. The molecule has 0 saturated heterocycles. The average molecular weight is 500 g/mol. The second-order valence-electron chi connectivity index (χ2n) is 6.46. The van der Waals surface area contributed by atoms with Crippen molar-refractivity contribution in [2.24, 2.45) is 5.16 Å². The lowest BCUT2D eigenvalue weighted by Gasteiger charge is -2.14. The highest BCUT2D eigenvalue weighted by Gasteiger charge is 2.13. The Morgan fingerprint density at radius 2 is 1.84 bits per heavy atom. The van der Waals surface area contributed by atoms with Gasteiger partial charge in [0.05, 0.1) is 29.5 Å². The van der Waals surface area contributed by atoms with Crippen LogP contribution in [-0.4, -0.2) is 12.8 Å². The Morgan fingerprint density at radius 3 is 2.58 bits per heavy atom. The number of hydrogen-bond acceptors (Lipinski definition) is 5. The van der Waals surface area contributed by atoms with Crippen molar-refractivity contribution in [3.8, 4) is 17.6 Å². The third-order valence-electron chi connectivity index (χ3n) is 4.26. The highest BCUT2D eigenvalue weighted by atomic mass is 79.9. The van der Waals surface area contributed by atoms with Crippen LogP contribution in [0.3, 0.4) is 0 Å². The van der Waals surface area contributed by atoms with Crippen LogP contribution >= 0.6 is 27.5 Å². The molecule has 0 aromatic heterocycles. The number of halogens is 2. The van der Waals surface area contributed by atoms with Gasteiger partial charge in [-0.15, -0.1) is 0 Å². The van der Waals surface area contributed by atoms with Gasteiger partial charge in [-0.2, -0.15) is 5.26 Å². The van der Waals surface area contributed by atoms with E-state index in [1.165, 1.54) is 0 Å². The monoisotopic (exact) mass is 498 g/mol. The Kier molecular flexibility index (Phi) is 8.34. The highest BCUT2D eigenvalue weighted by molar-refractivity contribution is 9.10. The summed E-state index contributed by atoms with van der Waals surface area (Å²) in [5.41, 5.74) is 3.05. The third kappa shape index (κ3) is 6.48. The number of rotatable bonds is 9. The minimum Gasteiger partial charge on any atom is -0.490 e. The molecule has 3 rings (SSSR count). The Morgan fingerprint density at radius 1 is 1.06 bits per heavy atom. The summed E-state index contributed by atoms with van der Waals surface area (Å²) in [6.45, 7) is 2.92. The lowest BCUT2D eigenvalue weighted by Crippen LogP contribution is -2.01. The van der Waals surface area contributed by atoms with Crippen LogP contribution in [0.25, 0.3) is 0 Å². The van der Waals surface area contributed by atoms with E-state index >= 15 is 0 Å². The maximum atomic E-state index is 9.13. The van der Waals surface area contributed by atoms with Gasteiger partial charge in [-0.3, -0.25) is 0 Å². The van der Waals surface area contributed by atoms with E-state index in [0.717, 1.165) is 15.6 Å². The van der Waals surface area contributed by atoms with Crippen molar-refractivity contribution in [1.82, 2.24) is 0 Å². The Bertz CT molecular complexity index is 1090. The van der Waals surface area contributed by atoms with Crippen LogP contribution < -0.4 is 9.47 Å². The molecule has 0 aliphatic rings. The first-order valence-electron chi connectivity index (χ1n) is 9.57. The molecule has 0 heterocycles. The molecule has 7 heteroatoms. The molecule has 31 heavy (non-hydrogen) atoms. The van der Waals surface area contributed by atoms with Gasteiger partial charge in [-0.05, 0) is 42.8 Å². The summed E-state index contributed by atoms with van der Waals surface area (Å²) in [4.78, 5) is 5.35. The summed E-state index contributed by atoms with van der Waals surface area (Å²) in [5.74, 6) is 1.01. The lowest BCUT2D eigenvalue weighted by molar-refractivity contribution is 0.132. The van der Waals surface area contributed by atoms with Crippen LogP contribution in [0.15, 0.2) is 70.3 Å². The summed E-state index contributed by atoms with van der Waals surface area (Å²) < 4.78 is 12.7. The standard InChI is InChI=1S/C24H20BrClN2O3/c1-2-29-23-12-18(14-28-31-16-20-6-4-3-5-19(20)13-27)11-22(26)24(23)30-15-17-7-9-21(25)10-8-17/h3-12,14H,2,15-16H2,1H3/b28-14-. The molecule has 3 aromatic rings. The van der Waals surface area contributed by atoms with Crippen LogP contribution in [0.4, 0.5) is 0 Å². The SMILES string of the molecule is CCOc1cc(/C=N\OCc2ccccc2C#N)cc(Cl)c1OCc1ccc(Br)cc1. The number of oxime groups is 1. The number of nitrogens with zero attached hydrogens (tertiary/aromatic N) is 2. The van der Waals surface area contributed by atoms with E-state index in [2.05, 4.69) is 27.2 Å². The van der Waals surface area contributed by atoms with Crippen LogP contribution in [0, 0.1) is 11.3 Å². The first-order valence-corrected chi connectivity index (χ1v) is 10.7. The zero-order valence-electron chi connectivity index (χ0n) is 16.8. The fourth-order valence-electron chi connectivity index (χ4n) is 2.76. The fourth-order valence-corrected chi connectivity index (χ4v) is 3.30. The van der Waals surface area contributed by atoms with Crippen molar-refractivity contribution in [1.29, 1.82) is 5.26 Å². The second-order valence-corrected chi connectivity index (χ2v) is 7.78. The average Bonchev–Trinajstić information content (AvgIpc) is 2.78. The van der Waals surface area contributed by atoms with Gasteiger partial charge in [0.2, 0.25) is 0 Å². The smallest absolute Gasteiger partial charge is 0.180 e. The van der Waals surface area contributed by atoms with Crippen LogP contribution in [-0.2, 0) is 18.1 Å². The molecule has 0 aliphatic carbocycles. The molecular formula is C24H20BrClN2O3. The fraction of sp³-hybridized carbons (Fsp3) is 0.167. The summed E-state index contributed by atoms with van der Waals surface area (Å²) in [6.07, 6.45) is 1.54. The summed E-state index contributed by atoms with van der Waals surface area (Å²) >= 11 is 9.88. The maximum Gasteiger partial charge on any atom is 0.180 e. The van der Waals surface area contributed by atoms with Crippen LogP contribution in [0.1, 0.15) is 29.2 Å². The summed E-state index contributed by atoms with van der Waals surface area (Å²) in [7, 11) is 0. The molecular weight excluding hydrogens is 480 g/mol. The number of ether oxygens (including phenoxy) is 2. The topological polar surface area (TPSA) is 63.8 Å². The van der Waals surface area contributed by atoms with E-state index < -0.39 is 0 Å². The van der Waals surface area contributed by atoms with Gasteiger partial charge in [-0.1, -0.05) is 63.0 Å². The first-order chi connectivity index (χ1) is 15.1. The van der Waals surface area contributed by atoms with Gasteiger partial charge in [0.25, 0.3) is 0 Å². The molecule has 0 fully saturated rings. The molecule has 0 saturated carbocycles. The largest absolute Gasteiger partial charge is 0.490 e. The van der Waals surface area contributed by atoms with E-state index in [1.54, 1.807) is 24.4 Å². The van der Waals surface area contributed by atoms with Crippen molar-refractivity contribution in [3.63, 3.8) is 0 Å². The normalized spacial score (nSPS) is 10.6. The van der Waals surface area contributed by atoms with Gasteiger partial charge >= 0.3 is 0 Å². The summed E-state index contributed by atoms with van der Waals surface area (Å²) in [5, 5.41) is 13.5. The Balaban J connectivity index is 1.69. The predicted molar refractivity (Wildman–Crippen MR) is 125 cm³/mol. The molecule has 0 bridgehead atoms. The molecule has 0 spiro atoms. The van der Waals surface area contributed by atoms with Gasteiger partial charge in [-0.25, -0.2) is 0 Å². The number of hydrogen-bond donors (Lipinski definition) is 0. The van der Waals surface area contributed by atoms with Gasteiger partial charge in [0.15, 0.2) is 11.5 Å². The van der Waals surface area contributed by atoms with E-state index in [4.69, 9.17) is 31.2 Å². The zero-order chi connectivity index (χ0) is 22.1.